The molecular formula is C15H22N2O2. The van der Waals surface area contributed by atoms with Crippen LogP contribution in [0.4, 0.5) is 5.69 Å². The van der Waals surface area contributed by atoms with Crippen molar-refractivity contribution in [3.63, 3.8) is 0 Å². The van der Waals surface area contributed by atoms with E-state index in [1.807, 2.05) is 0 Å². The van der Waals surface area contributed by atoms with Crippen LogP contribution >= 0.6 is 0 Å². The highest BCUT2D eigenvalue weighted by atomic mass is 16.5. The summed E-state index contributed by atoms with van der Waals surface area (Å²) < 4.78 is 5.85. The Labute approximate surface area is 114 Å². The second kappa shape index (κ2) is 4.69. The van der Waals surface area contributed by atoms with Gasteiger partial charge in [0.15, 0.2) is 0 Å². The first-order valence-corrected chi connectivity index (χ1v) is 7.03. The lowest BCUT2D eigenvalue weighted by atomic mass is 9.96. The molecule has 1 aromatic rings. The van der Waals surface area contributed by atoms with E-state index in [0.717, 1.165) is 31.6 Å². The van der Waals surface area contributed by atoms with E-state index in [1.54, 1.807) is 7.05 Å². The van der Waals surface area contributed by atoms with Gasteiger partial charge < -0.3 is 14.8 Å². The van der Waals surface area contributed by atoms with Crippen molar-refractivity contribution in [3.8, 4) is 5.75 Å². The summed E-state index contributed by atoms with van der Waals surface area (Å²) in [5.74, 6) is 1.01. The fraction of sp³-hybridized carbons (Fsp3) is 0.600. The SMILES string of the molecule is CC1Cc2c(ccc3c2N(C)CCCC3N(C)O)O1. The Morgan fingerprint density at radius 3 is 2.95 bits per heavy atom. The maximum Gasteiger partial charge on any atom is 0.125 e. The van der Waals surface area contributed by atoms with Crippen molar-refractivity contribution < 1.29 is 9.94 Å². The van der Waals surface area contributed by atoms with Crippen molar-refractivity contribution in [1.82, 2.24) is 5.06 Å². The summed E-state index contributed by atoms with van der Waals surface area (Å²) >= 11 is 0. The molecule has 2 unspecified atom stereocenters. The van der Waals surface area contributed by atoms with Gasteiger partial charge in [-0.2, -0.15) is 5.06 Å². The van der Waals surface area contributed by atoms with Gasteiger partial charge in [0.1, 0.15) is 11.9 Å². The Morgan fingerprint density at radius 1 is 1.42 bits per heavy atom. The van der Waals surface area contributed by atoms with Gasteiger partial charge in [-0.1, -0.05) is 6.07 Å². The third-order valence-electron chi connectivity index (χ3n) is 4.25. The number of hydrogen-bond donors (Lipinski definition) is 1. The third kappa shape index (κ3) is 2.09. The molecule has 0 saturated carbocycles. The van der Waals surface area contributed by atoms with E-state index in [-0.39, 0.29) is 12.1 Å². The highest BCUT2D eigenvalue weighted by Crippen LogP contribution is 2.44. The summed E-state index contributed by atoms with van der Waals surface area (Å²) in [6, 6.07) is 4.26. The lowest BCUT2D eigenvalue weighted by Gasteiger charge is -2.26. The Hall–Kier alpha value is -1.26. The predicted molar refractivity (Wildman–Crippen MR) is 75.0 cm³/mol. The molecular weight excluding hydrogens is 240 g/mol. The van der Waals surface area contributed by atoms with Gasteiger partial charge in [0.05, 0.1) is 6.04 Å². The van der Waals surface area contributed by atoms with Crippen LogP contribution < -0.4 is 9.64 Å². The van der Waals surface area contributed by atoms with Gasteiger partial charge in [-0.05, 0) is 31.4 Å². The van der Waals surface area contributed by atoms with Gasteiger partial charge in [-0.3, -0.25) is 0 Å². The summed E-state index contributed by atoms with van der Waals surface area (Å²) in [5, 5.41) is 11.3. The number of fused-ring (bicyclic) bond motifs is 3. The van der Waals surface area contributed by atoms with Crippen LogP contribution in [-0.4, -0.2) is 37.0 Å². The van der Waals surface area contributed by atoms with Crippen LogP contribution in [0.15, 0.2) is 12.1 Å². The topological polar surface area (TPSA) is 35.9 Å². The second-order valence-electron chi connectivity index (χ2n) is 5.77. The normalized spacial score (nSPS) is 25.8. The predicted octanol–water partition coefficient (Wildman–Crippen LogP) is 2.60. The van der Waals surface area contributed by atoms with Gasteiger partial charge in [0, 0.05) is 38.3 Å². The molecule has 2 aliphatic rings. The molecule has 0 spiro atoms. The summed E-state index contributed by atoms with van der Waals surface area (Å²) in [5.41, 5.74) is 3.80. The zero-order valence-corrected chi connectivity index (χ0v) is 11.9. The minimum atomic E-state index is 0.0844. The van der Waals surface area contributed by atoms with Crippen molar-refractivity contribution in [2.45, 2.75) is 38.3 Å². The molecule has 1 N–H and O–H groups in total. The standard InChI is InChI=1S/C15H22N2O2/c1-10-9-12-14(19-10)7-6-11-13(17(3)18)5-4-8-16(2)15(11)12/h6-7,10,13,18H,4-5,8-9H2,1-3H3. The molecule has 2 aliphatic heterocycles. The van der Waals surface area contributed by atoms with Crippen molar-refractivity contribution >= 4 is 5.69 Å². The molecule has 2 heterocycles. The molecule has 0 amide bonds. The van der Waals surface area contributed by atoms with E-state index in [0.29, 0.717) is 0 Å². The van der Waals surface area contributed by atoms with Gasteiger partial charge >= 0.3 is 0 Å². The van der Waals surface area contributed by atoms with E-state index in [2.05, 4.69) is 31.0 Å². The lowest BCUT2D eigenvalue weighted by Crippen LogP contribution is -2.22. The van der Waals surface area contributed by atoms with Crippen LogP contribution in [0.1, 0.15) is 36.9 Å². The molecule has 104 valence electrons. The zero-order chi connectivity index (χ0) is 13.6. The number of rotatable bonds is 1. The Balaban J connectivity index is 2.13. The van der Waals surface area contributed by atoms with Crippen molar-refractivity contribution in [2.75, 3.05) is 25.5 Å². The first kappa shape index (κ1) is 12.8. The number of hydrogen-bond acceptors (Lipinski definition) is 4. The van der Waals surface area contributed by atoms with Crippen LogP contribution in [0.5, 0.6) is 5.75 Å². The van der Waals surface area contributed by atoms with Gasteiger partial charge in [-0.25, -0.2) is 0 Å². The van der Waals surface area contributed by atoms with Gasteiger partial charge in [0.25, 0.3) is 0 Å². The summed E-state index contributed by atoms with van der Waals surface area (Å²) in [7, 11) is 3.88. The Morgan fingerprint density at radius 2 is 2.21 bits per heavy atom. The Bertz CT molecular complexity index is 487. The van der Waals surface area contributed by atoms with Crippen molar-refractivity contribution in [2.24, 2.45) is 0 Å². The molecule has 0 saturated heterocycles. The minimum absolute atomic E-state index is 0.0844. The first-order valence-electron chi connectivity index (χ1n) is 7.03. The first-order chi connectivity index (χ1) is 9.08. The van der Waals surface area contributed by atoms with E-state index >= 15 is 0 Å². The molecule has 3 rings (SSSR count). The average molecular weight is 262 g/mol. The molecule has 0 fully saturated rings. The van der Waals surface area contributed by atoms with Crippen LogP contribution in [0.2, 0.25) is 0 Å². The van der Waals surface area contributed by atoms with E-state index in [9.17, 15) is 5.21 Å². The quantitative estimate of drug-likeness (QED) is 0.789. The van der Waals surface area contributed by atoms with Crippen molar-refractivity contribution in [1.29, 1.82) is 0 Å². The average Bonchev–Trinajstić information content (AvgIpc) is 2.63. The fourth-order valence-corrected chi connectivity index (χ4v) is 3.39. The van der Waals surface area contributed by atoms with Gasteiger partial charge in [0.2, 0.25) is 0 Å². The van der Waals surface area contributed by atoms with Gasteiger partial charge in [-0.15, -0.1) is 0 Å². The van der Waals surface area contributed by atoms with E-state index in [4.69, 9.17) is 4.74 Å². The van der Waals surface area contributed by atoms with Crippen molar-refractivity contribution in [3.05, 3.63) is 23.3 Å². The third-order valence-corrected chi connectivity index (χ3v) is 4.25. The molecule has 19 heavy (non-hydrogen) atoms. The van der Waals surface area contributed by atoms with Crippen LogP contribution in [0, 0.1) is 0 Å². The lowest BCUT2D eigenvalue weighted by molar-refractivity contribution is -0.106. The smallest absolute Gasteiger partial charge is 0.125 e. The largest absolute Gasteiger partial charge is 0.490 e. The molecule has 1 aromatic carbocycles. The molecule has 0 bridgehead atoms. The number of ether oxygens (including phenoxy) is 1. The number of benzene rings is 1. The zero-order valence-electron chi connectivity index (χ0n) is 11.9. The summed E-state index contributed by atoms with van der Waals surface area (Å²) in [6.45, 7) is 3.14. The maximum atomic E-state index is 9.92. The fourth-order valence-electron chi connectivity index (χ4n) is 3.39. The number of nitrogens with zero attached hydrogens (tertiary/aromatic N) is 2. The van der Waals surface area contributed by atoms with Crippen LogP contribution in [0.25, 0.3) is 0 Å². The number of hydroxylamine groups is 2. The molecule has 0 radical (unpaired) electrons. The van der Waals surface area contributed by atoms with Crippen LogP contribution in [-0.2, 0) is 6.42 Å². The summed E-state index contributed by atoms with van der Waals surface area (Å²) in [4.78, 5) is 2.32. The second-order valence-corrected chi connectivity index (χ2v) is 5.77. The molecule has 4 heteroatoms. The minimum Gasteiger partial charge on any atom is -0.490 e. The highest BCUT2D eigenvalue weighted by Gasteiger charge is 2.31. The molecule has 2 atom stereocenters. The molecule has 4 nitrogen and oxygen atoms in total. The molecule has 0 aromatic heterocycles. The monoisotopic (exact) mass is 262 g/mol. The summed E-state index contributed by atoms with van der Waals surface area (Å²) in [6.07, 6.45) is 3.29. The Kier molecular flexibility index (Phi) is 3.15. The number of anilines is 1. The maximum absolute atomic E-state index is 9.92. The van der Waals surface area contributed by atoms with E-state index < -0.39 is 0 Å². The highest BCUT2D eigenvalue weighted by molar-refractivity contribution is 5.67. The molecule has 0 aliphatic carbocycles. The van der Waals surface area contributed by atoms with Crippen LogP contribution in [0.3, 0.4) is 0 Å². The van der Waals surface area contributed by atoms with E-state index in [1.165, 1.54) is 21.9 Å².